The maximum Gasteiger partial charge on any atom is 0.246 e. The van der Waals surface area contributed by atoms with Crippen LogP contribution < -0.4 is 65.1 Å². The Bertz CT molecular complexity index is 5080. The Morgan fingerprint density at radius 1 is 0.554 bits per heavy atom. The molecule has 3 aliphatic rings. The van der Waals surface area contributed by atoms with Crippen molar-refractivity contribution in [2.24, 2.45) is 23.1 Å². The zero-order chi connectivity index (χ0) is 94.7. The minimum absolute atomic E-state index is 0.0441. The summed E-state index contributed by atoms with van der Waals surface area (Å²) in [7, 11) is 3.97. The predicted molar refractivity (Wildman–Crippen MR) is 475 cm³/mol. The van der Waals surface area contributed by atoms with Gasteiger partial charge in [-0.25, -0.2) is 4.98 Å². The second-order valence-electron chi connectivity index (χ2n) is 33.1. The number of para-hydroxylation sites is 2. The molecule has 6 aromatic rings. The number of phenols is 1. The lowest BCUT2D eigenvalue weighted by atomic mass is 9.90. The van der Waals surface area contributed by atoms with E-state index in [2.05, 4.69) is 67.8 Å². The molecule has 9 rings (SSSR count). The first-order chi connectivity index (χ1) is 62.0. The fourth-order valence-electron chi connectivity index (χ4n) is 16.3. The van der Waals surface area contributed by atoms with Crippen LogP contribution in [0.1, 0.15) is 140 Å². The van der Waals surface area contributed by atoms with Gasteiger partial charge in [0.1, 0.15) is 72.2 Å². The molecule has 0 aliphatic carbocycles. The molecule has 3 fully saturated rings. The maximum absolute atomic E-state index is 15.6. The molecule has 3 aromatic carbocycles. The fourth-order valence-corrected chi connectivity index (χ4v) is 17.1. The molecule has 17 amide bonds. The molecule has 130 heavy (non-hydrogen) atoms. The Balaban J connectivity index is 1.07. The zero-order valence-corrected chi connectivity index (χ0v) is 74.7. The minimum atomic E-state index is -1.79. The summed E-state index contributed by atoms with van der Waals surface area (Å²) < 4.78 is 0. The Morgan fingerprint density at radius 3 is 1.76 bits per heavy atom. The van der Waals surface area contributed by atoms with E-state index in [0.29, 0.717) is 64.2 Å². The van der Waals surface area contributed by atoms with Crippen LogP contribution in [0, 0.1) is 5.92 Å². The number of benzene rings is 3. The number of ketones is 1. The van der Waals surface area contributed by atoms with Gasteiger partial charge in [0.05, 0.1) is 49.4 Å². The van der Waals surface area contributed by atoms with E-state index in [4.69, 9.17) is 17.2 Å². The highest BCUT2D eigenvalue weighted by Gasteiger charge is 2.46. The van der Waals surface area contributed by atoms with Gasteiger partial charge in [-0.3, -0.25) is 86.3 Å². The lowest BCUT2D eigenvalue weighted by Crippen LogP contribution is -2.60. The van der Waals surface area contributed by atoms with Crippen molar-refractivity contribution in [2.75, 3.05) is 58.8 Å². The molecule has 0 unspecified atom stereocenters. The van der Waals surface area contributed by atoms with Gasteiger partial charge in [0.15, 0.2) is 5.78 Å². The lowest BCUT2D eigenvalue weighted by molar-refractivity contribution is -0.149. The number of aromatic hydroxyl groups is 1. The number of Topliss-reactive ketones (excluding diaryl/α,β-unsaturated/α-hetero) is 1. The van der Waals surface area contributed by atoms with Gasteiger partial charge in [-0.2, -0.15) is 0 Å². The average molecular weight is 1820 g/mol. The first kappa shape index (κ1) is 100. The number of aromatic amines is 3. The summed E-state index contributed by atoms with van der Waals surface area (Å²) >= 11 is 0.781. The maximum atomic E-state index is 15.6. The number of aromatic nitrogens is 4. The topological polar surface area (TPSA) is 611 Å². The van der Waals surface area contributed by atoms with Crippen LogP contribution in [0.4, 0.5) is 0 Å². The first-order valence-corrected chi connectivity index (χ1v) is 44.7. The van der Waals surface area contributed by atoms with E-state index < -0.39 is 242 Å². The van der Waals surface area contributed by atoms with E-state index >= 15 is 33.6 Å². The van der Waals surface area contributed by atoms with Crippen molar-refractivity contribution < 1.29 is 96.5 Å². The van der Waals surface area contributed by atoms with Crippen molar-refractivity contribution in [3.8, 4) is 5.75 Å². The number of nitrogens with one attached hydrogen (secondary N) is 12. The molecule has 20 N–H and O–H groups in total. The number of primary amides is 3. The van der Waals surface area contributed by atoms with E-state index in [1.54, 1.807) is 55.7 Å². The van der Waals surface area contributed by atoms with Crippen molar-refractivity contribution in [1.82, 2.24) is 92.3 Å². The average Bonchev–Trinajstić information content (AvgIpc) is 1.57. The summed E-state index contributed by atoms with van der Waals surface area (Å²) in [6, 6.07) is 1.82. The van der Waals surface area contributed by atoms with Gasteiger partial charge in [0, 0.05) is 125 Å². The van der Waals surface area contributed by atoms with Crippen molar-refractivity contribution in [3.05, 3.63) is 120 Å². The quantitative estimate of drug-likeness (QED) is 0.0335. The highest BCUT2D eigenvalue weighted by Crippen LogP contribution is 2.30. The molecule has 0 radical (unpaired) electrons. The molecular weight excluding hydrogens is 1700 g/mol. The summed E-state index contributed by atoms with van der Waals surface area (Å²) in [5.41, 5.74) is 19.8. The monoisotopic (exact) mass is 1820 g/mol. The number of fused-ring (bicyclic) bond motifs is 4. The number of unbranched alkanes of at least 4 members (excludes halogenated alkanes) is 2. The molecule has 3 aromatic heterocycles. The Hall–Kier alpha value is -13.3. The van der Waals surface area contributed by atoms with Crippen LogP contribution in [0.15, 0.2) is 97.7 Å². The number of nitrogens with two attached hydrogens (primary N) is 3. The van der Waals surface area contributed by atoms with E-state index in [1.807, 2.05) is 26.0 Å². The van der Waals surface area contributed by atoms with Crippen molar-refractivity contribution in [1.29, 1.82) is 0 Å². The van der Waals surface area contributed by atoms with Crippen LogP contribution in [0.5, 0.6) is 5.75 Å². The Morgan fingerprint density at radius 2 is 1.14 bits per heavy atom. The van der Waals surface area contributed by atoms with Gasteiger partial charge in [-0.1, -0.05) is 95.0 Å². The first-order valence-electron chi connectivity index (χ1n) is 43.5. The summed E-state index contributed by atoms with van der Waals surface area (Å²) in [6.45, 7) is 4.47. The number of nitrogens with zero attached hydrogens (tertiary/aromatic N) is 6. The molecule has 0 saturated carbocycles. The van der Waals surface area contributed by atoms with E-state index in [-0.39, 0.29) is 87.9 Å². The van der Waals surface area contributed by atoms with Gasteiger partial charge in [-0.05, 0) is 92.8 Å². The van der Waals surface area contributed by atoms with Crippen molar-refractivity contribution in [2.45, 2.75) is 222 Å². The number of hydrogen-bond acceptors (Lipinski definition) is 22. The number of imidazole rings is 1. The number of phenolic OH excluding ortho intramolecular Hbond substituents is 1. The lowest BCUT2D eigenvalue weighted by Gasteiger charge is -2.36. The molecule has 0 spiro atoms. The van der Waals surface area contributed by atoms with Gasteiger partial charge in [0.25, 0.3) is 0 Å². The molecular formula is C88H119N21O20S. The number of amides is 17. The molecule has 3 saturated heterocycles. The second-order valence-corrected chi connectivity index (χ2v) is 34.1. The number of rotatable bonds is 23. The van der Waals surface area contributed by atoms with Crippen LogP contribution in [-0.4, -0.2) is 298 Å². The number of carbonyl (C=O) groups is 18. The fraction of sp³-hybridized carbons (Fsp3) is 0.511. The van der Waals surface area contributed by atoms with Crippen LogP contribution in [0.3, 0.4) is 0 Å². The van der Waals surface area contributed by atoms with E-state index in [1.165, 1.54) is 74.7 Å². The van der Waals surface area contributed by atoms with Crippen LogP contribution in [-0.2, 0) is 112 Å². The van der Waals surface area contributed by atoms with E-state index in [9.17, 15) is 63.0 Å². The number of aliphatic hydroxyl groups excluding tert-OH is 1. The summed E-state index contributed by atoms with van der Waals surface area (Å²) in [5.74, 6) is -18.6. The summed E-state index contributed by atoms with van der Waals surface area (Å²) in [6.07, 6.45) is 2.78. The third-order valence-electron chi connectivity index (χ3n) is 23.6. The van der Waals surface area contributed by atoms with Crippen LogP contribution in [0.25, 0.3) is 21.8 Å². The van der Waals surface area contributed by atoms with E-state index in [0.717, 1.165) is 26.5 Å². The number of aliphatic hydroxyl groups is 1. The Labute approximate surface area is 754 Å². The molecule has 6 heterocycles. The number of likely N-dealkylation sites (N-methyl/N-ethyl adjacent to an activating group) is 3. The molecule has 42 heteroatoms. The van der Waals surface area contributed by atoms with Crippen LogP contribution >= 0.6 is 11.8 Å². The number of thioether (sulfide) groups is 1. The SMILES string of the molecule is CCCC[C@H]1C(=O)N(C)[C@@H](CCCC)C(=O)NCC(=O)N[C@H](C(=O)NCC(N)=O)CSCC(=O)N[C@@H](Cc2ccc(O)cc2)C(=O)N(C)[C@@H](C)C(=O)N[C@@H](CC(N)=O)C(=O)N2CCC[C@H]2C(=O)N[C@@H](Cc2c[nH]cn2)C(=O)N[C@@H](CCC(N)=O)C(=O)N2C[C@H](O)C[C@H]2C(=O)C[C@@H](Cc2c[nH]c3ccccc23)C(=O)N[C@@H](CC)C(=O)N[C@@H](Cc2c[nH]c3ccccc23)C(=O)N1C. The van der Waals surface area contributed by atoms with Crippen molar-refractivity contribution >= 4 is 140 Å². The minimum Gasteiger partial charge on any atom is -0.508 e. The highest BCUT2D eigenvalue weighted by molar-refractivity contribution is 8.00. The zero-order valence-electron chi connectivity index (χ0n) is 73.9. The number of H-pyrrole nitrogens is 3. The second kappa shape index (κ2) is 47.7. The molecule has 702 valence electrons. The normalized spacial score (nSPS) is 24.7. The Kier molecular flexibility index (Phi) is 36.9. The predicted octanol–water partition coefficient (Wildman–Crippen LogP) is -1.83. The smallest absolute Gasteiger partial charge is 0.246 e. The third kappa shape index (κ3) is 27.4. The van der Waals surface area contributed by atoms with Crippen molar-refractivity contribution in [3.63, 3.8) is 0 Å². The number of carbonyl (C=O) groups excluding carboxylic acids is 18. The van der Waals surface area contributed by atoms with Gasteiger partial charge >= 0.3 is 0 Å². The van der Waals surface area contributed by atoms with Gasteiger partial charge < -0.3 is 115 Å². The molecule has 0 bridgehead atoms. The number of hydrogen-bond donors (Lipinski definition) is 17. The molecule has 3 aliphatic heterocycles. The van der Waals surface area contributed by atoms with Gasteiger partial charge in [0.2, 0.25) is 100 Å². The van der Waals surface area contributed by atoms with Gasteiger partial charge in [-0.15, -0.1) is 11.8 Å². The summed E-state index contributed by atoms with van der Waals surface area (Å²) in [4.78, 5) is 279. The standard InChI is InChI=1S/C88H119N21O20S/c1-8-11-22-67-82(123)96-43-75(116)99-66(79(120)95-42-74(91)115)45-130-46-76(117)98-63(32-49-25-27-54(110)28-26-49)84(125)105(5)48(4)77(118)103-65(38-73(90)114)87(128)108-31-17-24-68(108)83(124)102-62(36-53-41-92-47-97-53)81(122)101-61(29-30-72(89)113)86(127)109-44-55(111)37-70(109)71(112)35-50(33-51-39-93-59-20-15-13-18-56(51)59)78(119)100-58(10-3)80(121)104-64(34-52-40-94-60-21-16-14-19-57(52)60)85(126)107(7)69(23-12-9-2)88(129)106(67)6/h13-16,18-21,25-28,39-41,47-48,50,55,58,61-70,93-94,110-111H,8-12,17,22-24,29-38,42-46H2,1-7H3,(H2,89,113)(H2,90,114)(H2,91,115)(H,92,97)(H,95,120)(H,96,123)(H,98,117)(H,99,116)(H,100,119)(H,101,122)(H,102,124)(H,103,118)(H,104,121)/t48-,50+,55+,58-,61-,62-,63-,64-,65-,66-,67-,68-,69-,70-/m0/s1. The van der Waals surface area contributed by atoms with Crippen LogP contribution in [0.2, 0.25) is 0 Å². The summed E-state index contributed by atoms with van der Waals surface area (Å²) in [5, 5.41) is 46.5. The largest absolute Gasteiger partial charge is 0.508 e. The molecule has 41 nitrogen and oxygen atoms in total. The highest BCUT2D eigenvalue weighted by atomic mass is 32.2. The molecule has 14 atom stereocenters. The third-order valence-corrected chi connectivity index (χ3v) is 24.7.